The van der Waals surface area contributed by atoms with Crippen LogP contribution < -0.4 is 96.5 Å². The molecule has 2 aliphatic rings. The molecule has 16 amide bonds. The number of anilines is 4. The fourth-order valence-corrected chi connectivity index (χ4v) is 9.93. The number of nitrogens with two attached hydrogens (primary N) is 2. The second-order valence-electron chi connectivity index (χ2n) is 22.9. The molecule has 0 radical (unpaired) electrons. The number of rotatable bonds is 28. The summed E-state index contributed by atoms with van der Waals surface area (Å²) in [5.74, 6) is -14.5. The first kappa shape index (κ1) is 79.9. The summed E-state index contributed by atoms with van der Waals surface area (Å²) in [4.78, 5) is 227. The fraction of sp³-hybridized carbons (Fsp3) is 0.433. The lowest BCUT2D eigenvalue weighted by atomic mass is 10.0. The summed E-state index contributed by atoms with van der Waals surface area (Å²) in [5, 5.41) is 81.3. The van der Waals surface area contributed by atoms with Gasteiger partial charge >= 0.3 is 24.0 Å². The minimum Gasteiger partial charge on any atom is -0.480 e. The minimum absolute atomic E-state index is 0.0000156. The average molecular weight is 1430 g/mol. The van der Waals surface area contributed by atoms with Gasteiger partial charge < -0.3 is 107 Å². The van der Waals surface area contributed by atoms with Crippen molar-refractivity contribution in [2.75, 3.05) is 73.6 Å². The lowest BCUT2D eigenvalue weighted by Crippen LogP contribution is -2.57. The second kappa shape index (κ2) is 40.2. The third-order valence-electron chi connectivity index (χ3n) is 15.0. The van der Waals surface area contributed by atoms with Crippen LogP contribution in [0.2, 0.25) is 0 Å². The zero-order valence-electron chi connectivity index (χ0n) is 54.5. The summed E-state index contributed by atoms with van der Waals surface area (Å²) < 4.78 is 0. The van der Waals surface area contributed by atoms with Crippen molar-refractivity contribution in [1.82, 2.24) is 63.8 Å². The third-order valence-corrected chi connectivity index (χ3v) is 15.0. The largest absolute Gasteiger partial charge is 0.480 e. The molecule has 42 heteroatoms. The number of benzene rings is 3. The van der Waals surface area contributed by atoms with Gasteiger partial charge in [0.25, 0.3) is 23.2 Å². The Morgan fingerprint density at radius 2 is 0.931 bits per heavy atom. The van der Waals surface area contributed by atoms with Crippen LogP contribution in [0.15, 0.2) is 60.7 Å². The van der Waals surface area contributed by atoms with Crippen LogP contribution in [0.25, 0.3) is 0 Å². The molecule has 2 aliphatic heterocycles. The number of urea groups is 2. The molecule has 0 saturated carbocycles. The van der Waals surface area contributed by atoms with E-state index in [0.717, 1.165) is 24.3 Å². The average Bonchev–Trinajstić information content (AvgIpc) is 1.08. The van der Waals surface area contributed by atoms with Gasteiger partial charge in [0, 0.05) is 73.2 Å². The molecule has 0 spiro atoms. The molecule has 6 atom stereocenters. The van der Waals surface area contributed by atoms with Crippen LogP contribution >= 0.6 is 0 Å². The quantitative estimate of drug-likeness (QED) is 0.0190. The van der Waals surface area contributed by atoms with Gasteiger partial charge in [-0.05, 0) is 101 Å². The van der Waals surface area contributed by atoms with Crippen LogP contribution in [0.5, 0.6) is 0 Å². The Balaban J connectivity index is 1.11. The normalized spacial score (nSPS) is 17.4. The van der Waals surface area contributed by atoms with E-state index in [1.807, 2.05) is 0 Å². The number of hydrogen-bond donors (Lipinski definition) is 20. The number of primary amides is 2. The van der Waals surface area contributed by atoms with Crippen molar-refractivity contribution in [2.45, 2.75) is 113 Å². The highest BCUT2D eigenvalue weighted by atomic mass is 16.6. The Morgan fingerprint density at radius 1 is 0.510 bits per heavy atom. The monoisotopic (exact) mass is 1430 g/mol. The Labute approximate surface area is 578 Å². The third kappa shape index (κ3) is 27.6. The van der Waals surface area contributed by atoms with Crippen molar-refractivity contribution in [3.8, 4) is 0 Å². The first-order valence-corrected chi connectivity index (χ1v) is 31.6. The lowest BCUT2D eigenvalue weighted by molar-refractivity contribution is -0.385. The van der Waals surface area contributed by atoms with Crippen LogP contribution in [-0.2, 0) is 57.5 Å². The number of non-ortho nitro benzene ring substituents is 2. The number of carboxylic acid groups (broad SMARTS) is 2. The van der Waals surface area contributed by atoms with Crippen LogP contribution in [0.1, 0.15) is 97.8 Å². The highest BCUT2D eigenvalue weighted by Gasteiger charge is 2.33. The summed E-state index contributed by atoms with van der Waals surface area (Å²) in [7, 11) is 0. The van der Waals surface area contributed by atoms with Crippen molar-refractivity contribution in [3.05, 3.63) is 92.0 Å². The number of hydrogen-bond acceptors (Lipinski definition) is 22. The number of carbonyl (C=O) groups is 16. The van der Waals surface area contributed by atoms with E-state index in [0.29, 0.717) is 0 Å². The number of aliphatic carboxylic acids is 2. The molecule has 550 valence electrons. The molecule has 0 fully saturated rings. The highest BCUT2D eigenvalue weighted by Crippen LogP contribution is 2.25. The summed E-state index contributed by atoms with van der Waals surface area (Å²) in [6, 6.07) is 2.15. The number of carboxylic acids is 2. The molecule has 3 aromatic carbocycles. The molecule has 22 N–H and O–H groups in total. The second-order valence-corrected chi connectivity index (χ2v) is 22.9. The molecular weight excluding hydrogens is 1350 g/mol. The predicted molar refractivity (Wildman–Crippen MR) is 355 cm³/mol. The molecule has 3 unspecified atom stereocenters. The van der Waals surface area contributed by atoms with Gasteiger partial charge in [0.15, 0.2) is 0 Å². The Kier molecular flexibility index (Phi) is 31.4. The van der Waals surface area contributed by atoms with Crippen molar-refractivity contribution in [2.24, 2.45) is 11.5 Å². The minimum atomic E-state index is -1.67. The smallest absolute Gasteiger partial charge is 0.322 e. The summed E-state index contributed by atoms with van der Waals surface area (Å²) in [5.41, 5.74) is 9.96. The molecule has 0 aliphatic carbocycles. The molecule has 5 rings (SSSR count). The van der Waals surface area contributed by atoms with Crippen LogP contribution in [0.3, 0.4) is 0 Å². The van der Waals surface area contributed by atoms with E-state index in [2.05, 4.69) is 85.1 Å². The number of nitrogens with zero attached hydrogens (tertiary/aromatic N) is 2. The molecule has 2 heterocycles. The number of nitro benzene ring substituents is 2. The van der Waals surface area contributed by atoms with Crippen LogP contribution in [0.4, 0.5) is 43.7 Å². The first-order valence-electron chi connectivity index (χ1n) is 31.6. The Bertz CT molecular complexity index is 3670. The van der Waals surface area contributed by atoms with E-state index in [9.17, 15) is 107 Å². The SMILES string of the molecule is NC(=O)CC1NC(=O)CNC(=O)c2cc([N+](=O)[O-])ccc2NCCCC(C(=O)N[C@@H](CCCCNC(=O)Nc2ccc(NC(=O)NCCCC[C@H](NC(=O)[C@@H]3CCCNc4ccc([N+](=O)[O-])cc4C(=O)NC(CC(N)=O)C(=O)NCC(=O)N3)C(=O)NCC(=O)O)cc2)C(=O)NCC(=O)O)NC1=O. The zero-order chi connectivity index (χ0) is 75.0. The molecule has 3 aromatic rings. The first-order chi connectivity index (χ1) is 48.5. The number of fused-ring (bicyclic) bond motifs is 2. The summed E-state index contributed by atoms with van der Waals surface area (Å²) in [6.07, 6.45) is -1.21. The van der Waals surface area contributed by atoms with E-state index in [1.165, 1.54) is 36.4 Å². The van der Waals surface area contributed by atoms with E-state index in [-0.39, 0.29) is 124 Å². The number of unbranched alkanes of at least 4 members (excludes halogenated alkanes) is 2. The van der Waals surface area contributed by atoms with Gasteiger partial charge in [-0.1, -0.05) is 0 Å². The number of nitrogens with one attached hydrogen (secondary N) is 16. The summed E-state index contributed by atoms with van der Waals surface area (Å²) in [6.45, 7) is -3.17. The maximum absolute atomic E-state index is 14.0. The highest BCUT2D eigenvalue weighted by molar-refractivity contribution is 6.05. The fourth-order valence-electron chi connectivity index (χ4n) is 9.93. The van der Waals surface area contributed by atoms with E-state index in [1.54, 1.807) is 0 Å². The standard InChI is InChI=1S/C60H78N20O22/c61-45(81)25-43-55(93)68-28-47(83)73-41(9-5-21-64-38-18-16-34(80(101)102)24-36(38)52(90)78-43)56(94)75-39(53(91)69-29-49(85)86)7-1-3-19-65-59(97)71-31-11-13-32(14-12-31)72-60(98)66-20-4-2-8-40(54(92)70-30-50(87)88)76-57(95)42-10-6-22-63-37-17-15-33(79(99)100)23-35(37)51(89)67-27-48(84)74-44(26-46(62)82)58(96)77-42/h11-18,23-24,39-44,63-64H,1-10,19-22,25-30H2,(H2,61,81)(H2,62,82)(H,67,89)(H,68,93)(H,69,91)(H,70,92)(H,73,83)(H,74,84)(H,75,94)(H,76,95)(H,77,96)(H,78,90)(H,85,86)(H,87,88)(H2,65,71,97)(H2,66,72,98)/t39-,40-,41-,42?,43?,44?/m0/s1. The molecule has 0 bridgehead atoms. The van der Waals surface area contributed by atoms with Gasteiger partial charge in [0.1, 0.15) is 49.3 Å². The van der Waals surface area contributed by atoms with Gasteiger partial charge in [-0.25, -0.2) is 9.59 Å². The zero-order valence-corrected chi connectivity index (χ0v) is 54.5. The number of carbonyl (C=O) groups excluding carboxylic acids is 14. The molecule has 0 saturated heterocycles. The van der Waals surface area contributed by atoms with Gasteiger partial charge in [0.05, 0.1) is 46.9 Å². The van der Waals surface area contributed by atoms with Gasteiger partial charge in [-0.3, -0.25) is 87.4 Å². The van der Waals surface area contributed by atoms with Gasteiger partial charge in [0.2, 0.25) is 59.1 Å². The predicted octanol–water partition coefficient (Wildman–Crippen LogP) is -3.58. The van der Waals surface area contributed by atoms with Crippen LogP contribution in [0, 0.1) is 20.2 Å². The summed E-state index contributed by atoms with van der Waals surface area (Å²) >= 11 is 0. The van der Waals surface area contributed by atoms with Gasteiger partial charge in [-0.15, -0.1) is 0 Å². The Morgan fingerprint density at radius 3 is 1.37 bits per heavy atom. The molecule has 0 aromatic heterocycles. The maximum Gasteiger partial charge on any atom is 0.322 e. The molecule has 102 heavy (non-hydrogen) atoms. The van der Waals surface area contributed by atoms with E-state index < -0.39 is 191 Å². The molecule has 42 nitrogen and oxygen atoms in total. The van der Waals surface area contributed by atoms with Crippen molar-refractivity contribution in [3.63, 3.8) is 0 Å². The van der Waals surface area contributed by atoms with Crippen LogP contribution in [-0.4, -0.2) is 204 Å². The molecular formula is C60H78N20O22. The maximum atomic E-state index is 14.0. The Hall–Kier alpha value is -12.8. The van der Waals surface area contributed by atoms with Gasteiger partial charge in [-0.2, -0.15) is 0 Å². The topological polar surface area (TPSA) is 644 Å². The van der Waals surface area contributed by atoms with E-state index in [4.69, 9.17) is 11.5 Å². The van der Waals surface area contributed by atoms with Crippen molar-refractivity contribution < 1.29 is 96.8 Å². The number of amides is 16. The van der Waals surface area contributed by atoms with Crippen molar-refractivity contribution >= 4 is 129 Å². The van der Waals surface area contributed by atoms with E-state index >= 15 is 0 Å². The number of nitro groups is 2. The lowest BCUT2D eigenvalue weighted by Gasteiger charge is -2.25. The van der Waals surface area contributed by atoms with Crippen molar-refractivity contribution in [1.29, 1.82) is 0 Å².